The molecule has 5 nitrogen and oxygen atoms in total. The van der Waals surface area contributed by atoms with Crippen molar-refractivity contribution in [3.63, 3.8) is 0 Å². The monoisotopic (exact) mass is 349 g/mol. The third-order valence-corrected chi connectivity index (χ3v) is 4.99. The third-order valence-electron chi connectivity index (χ3n) is 3.86. The van der Waals surface area contributed by atoms with E-state index in [0.717, 1.165) is 29.3 Å². The molecule has 1 fully saturated rings. The van der Waals surface area contributed by atoms with Crippen molar-refractivity contribution in [2.24, 2.45) is 5.92 Å². The van der Waals surface area contributed by atoms with E-state index in [2.05, 4.69) is 29.8 Å². The lowest BCUT2D eigenvalue weighted by atomic mass is 10.1. The Balaban J connectivity index is 1.91. The number of hydrogen-bond acceptors (Lipinski definition) is 4. The minimum Gasteiger partial charge on any atom is -0.352 e. The Morgan fingerprint density at radius 3 is 2.79 bits per heavy atom. The van der Waals surface area contributed by atoms with Crippen LogP contribution in [0.25, 0.3) is 0 Å². The average molecular weight is 350 g/mol. The largest absolute Gasteiger partial charge is 0.352 e. The number of anilines is 1. The third kappa shape index (κ3) is 5.83. The first-order valence-electron chi connectivity index (χ1n) is 8.45. The van der Waals surface area contributed by atoms with Gasteiger partial charge in [0.15, 0.2) is 0 Å². The molecule has 1 aliphatic rings. The summed E-state index contributed by atoms with van der Waals surface area (Å²) in [5, 5.41) is 9.22. The van der Waals surface area contributed by atoms with Gasteiger partial charge in [-0.3, -0.25) is 9.59 Å². The predicted molar refractivity (Wildman–Crippen MR) is 101 cm³/mol. The van der Waals surface area contributed by atoms with Crippen LogP contribution >= 0.6 is 11.8 Å². The van der Waals surface area contributed by atoms with Gasteiger partial charge in [-0.25, -0.2) is 0 Å². The molecule has 2 amide bonds. The molecule has 2 rings (SSSR count). The number of hydrogen-bond donors (Lipinski definition) is 3. The van der Waals surface area contributed by atoms with Crippen LogP contribution < -0.4 is 16.0 Å². The molecule has 1 atom stereocenters. The maximum absolute atomic E-state index is 12.2. The smallest absolute Gasteiger partial charge is 0.251 e. The Hall–Kier alpha value is -1.53. The molecular weight excluding hydrogens is 322 g/mol. The van der Waals surface area contributed by atoms with Crippen LogP contribution in [0.15, 0.2) is 18.2 Å². The lowest BCUT2D eigenvalue weighted by Gasteiger charge is -2.22. The lowest BCUT2D eigenvalue weighted by Crippen LogP contribution is -2.39. The Kier molecular flexibility index (Phi) is 7.12. The van der Waals surface area contributed by atoms with Crippen molar-refractivity contribution in [1.82, 2.24) is 10.6 Å². The van der Waals surface area contributed by atoms with Crippen molar-refractivity contribution >= 4 is 29.3 Å². The molecule has 132 valence electrons. The first kappa shape index (κ1) is 18.8. The molecule has 1 aromatic rings. The highest BCUT2D eigenvalue weighted by Gasteiger charge is 2.17. The molecule has 0 radical (unpaired) electrons. The summed E-state index contributed by atoms with van der Waals surface area (Å²) in [6.45, 7) is 7.64. The van der Waals surface area contributed by atoms with Crippen LogP contribution in [0.1, 0.15) is 36.2 Å². The van der Waals surface area contributed by atoms with Crippen molar-refractivity contribution in [3.05, 3.63) is 29.3 Å². The molecule has 1 saturated heterocycles. The number of carbonyl (C=O) groups is 2. The van der Waals surface area contributed by atoms with Crippen molar-refractivity contribution < 1.29 is 9.59 Å². The van der Waals surface area contributed by atoms with E-state index in [1.165, 1.54) is 0 Å². The van der Waals surface area contributed by atoms with Gasteiger partial charge in [-0.15, -0.1) is 0 Å². The number of carbonyl (C=O) groups excluding carboxylic acids is 2. The van der Waals surface area contributed by atoms with Crippen LogP contribution in [-0.2, 0) is 4.79 Å². The fourth-order valence-corrected chi connectivity index (χ4v) is 3.47. The maximum Gasteiger partial charge on any atom is 0.251 e. The molecule has 1 unspecified atom stereocenters. The number of benzene rings is 1. The Morgan fingerprint density at radius 1 is 1.38 bits per heavy atom. The van der Waals surface area contributed by atoms with Crippen molar-refractivity contribution in [2.75, 3.05) is 29.9 Å². The van der Waals surface area contributed by atoms with E-state index in [9.17, 15) is 9.59 Å². The summed E-state index contributed by atoms with van der Waals surface area (Å²) < 4.78 is 0. The minimum atomic E-state index is -0.0758. The Morgan fingerprint density at radius 2 is 2.17 bits per heavy atom. The van der Waals surface area contributed by atoms with Crippen LogP contribution in [0.3, 0.4) is 0 Å². The molecule has 1 aliphatic heterocycles. The van der Waals surface area contributed by atoms with Gasteiger partial charge in [0.1, 0.15) is 0 Å². The predicted octanol–water partition coefficient (Wildman–Crippen LogP) is 2.41. The van der Waals surface area contributed by atoms with Crippen molar-refractivity contribution in [2.45, 2.75) is 33.2 Å². The van der Waals surface area contributed by atoms with Crippen LogP contribution in [0.2, 0.25) is 0 Å². The van der Waals surface area contributed by atoms with Crippen LogP contribution in [0, 0.1) is 12.8 Å². The van der Waals surface area contributed by atoms with E-state index in [0.29, 0.717) is 24.4 Å². The van der Waals surface area contributed by atoms with Gasteiger partial charge in [0.2, 0.25) is 5.91 Å². The Labute approximate surface area is 148 Å². The molecule has 0 saturated carbocycles. The zero-order chi connectivity index (χ0) is 17.5. The van der Waals surface area contributed by atoms with E-state index < -0.39 is 0 Å². The number of rotatable bonds is 6. The molecule has 0 spiro atoms. The highest BCUT2D eigenvalue weighted by Crippen LogP contribution is 2.18. The van der Waals surface area contributed by atoms with Gasteiger partial charge in [-0.2, -0.15) is 11.8 Å². The average Bonchev–Trinajstić information content (AvgIpc) is 2.55. The van der Waals surface area contributed by atoms with Gasteiger partial charge >= 0.3 is 0 Å². The summed E-state index contributed by atoms with van der Waals surface area (Å²) in [4.78, 5) is 24.3. The first-order valence-corrected chi connectivity index (χ1v) is 9.61. The first-order chi connectivity index (χ1) is 11.5. The van der Waals surface area contributed by atoms with Crippen LogP contribution in [0.4, 0.5) is 5.69 Å². The van der Waals surface area contributed by atoms with E-state index in [4.69, 9.17) is 0 Å². The molecule has 0 aliphatic carbocycles. The number of aryl methyl sites for hydroxylation is 1. The topological polar surface area (TPSA) is 70.2 Å². The lowest BCUT2D eigenvalue weighted by molar-refractivity contribution is -0.116. The summed E-state index contributed by atoms with van der Waals surface area (Å²) in [6, 6.07) is 5.62. The summed E-state index contributed by atoms with van der Waals surface area (Å²) in [6.07, 6.45) is 0.475. The molecule has 1 aromatic carbocycles. The van der Waals surface area contributed by atoms with Gasteiger partial charge in [-0.05, 0) is 36.6 Å². The molecule has 0 aromatic heterocycles. The van der Waals surface area contributed by atoms with Gasteiger partial charge in [-0.1, -0.05) is 13.8 Å². The molecule has 0 bridgehead atoms. The van der Waals surface area contributed by atoms with E-state index in [1.54, 1.807) is 12.1 Å². The van der Waals surface area contributed by atoms with Crippen LogP contribution in [0.5, 0.6) is 0 Å². The summed E-state index contributed by atoms with van der Waals surface area (Å²) in [5.74, 6) is 2.43. The van der Waals surface area contributed by atoms with Crippen LogP contribution in [-0.4, -0.2) is 42.5 Å². The zero-order valence-electron chi connectivity index (χ0n) is 14.6. The second-order valence-electron chi connectivity index (χ2n) is 6.61. The summed E-state index contributed by atoms with van der Waals surface area (Å²) in [5.41, 5.74) is 2.28. The number of nitrogens with one attached hydrogen (secondary N) is 3. The normalized spacial score (nSPS) is 17.6. The standard InChI is InChI=1S/C18H27N3O2S/c1-12(2)10-20-18(23)14-4-5-16(13(3)8-14)21-17(22)9-15-11-24-7-6-19-15/h4-5,8,12,15,19H,6-7,9-11H2,1-3H3,(H,20,23)(H,21,22). The van der Waals surface area contributed by atoms with E-state index >= 15 is 0 Å². The summed E-state index contributed by atoms with van der Waals surface area (Å²) >= 11 is 1.88. The summed E-state index contributed by atoms with van der Waals surface area (Å²) in [7, 11) is 0. The van der Waals surface area contributed by atoms with Gasteiger partial charge in [0.05, 0.1) is 0 Å². The van der Waals surface area contributed by atoms with Gasteiger partial charge in [0.25, 0.3) is 5.91 Å². The van der Waals surface area contributed by atoms with Gasteiger partial charge in [0, 0.05) is 48.3 Å². The van der Waals surface area contributed by atoms with Crippen molar-refractivity contribution in [3.8, 4) is 0 Å². The van der Waals surface area contributed by atoms with Gasteiger partial charge < -0.3 is 16.0 Å². The van der Waals surface area contributed by atoms with E-state index in [1.807, 2.05) is 24.8 Å². The molecular formula is C18H27N3O2S. The quantitative estimate of drug-likeness (QED) is 0.738. The van der Waals surface area contributed by atoms with Crippen molar-refractivity contribution in [1.29, 1.82) is 0 Å². The molecule has 6 heteroatoms. The second-order valence-corrected chi connectivity index (χ2v) is 7.76. The highest BCUT2D eigenvalue weighted by atomic mass is 32.2. The van der Waals surface area contributed by atoms with E-state index in [-0.39, 0.29) is 17.9 Å². The molecule has 3 N–H and O–H groups in total. The minimum absolute atomic E-state index is 0.00936. The number of amides is 2. The second kappa shape index (κ2) is 9.08. The number of thioether (sulfide) groups is 1. The fourth-order valence-electron chi connectivity index (χ4n) is 2.52. The zero-order valence-corrected chi connectivity index (χ0v) is 15.5. The highest BCUT2D eigenvalue weighted by molar-refractivity contribution is 7.99. The fraction of sp³-hybridized carbons (Fsp3) is 0.556. The maximum atomic E-state index is 12.2. The Bertz CT molecular complexity index is 584. The SMILES string of the molecule is Cc1cc(C(=O)NCC(C)C)ccc1NC(=O)CC1CSCCN1. The molecule has 1 heterocycles. The molecule has 24 heavy (non-hydrogen) atoms.